The number of benzene rings is 2. The first kappa shape index (κ1) is 16.3. The number of fused-ring (bicyclic) bond motifs is 2. The number of hydrogen-bond acceptors (Lipinski definition) is 6. The molecule has 0 radical (unpaired) electrons. The van der Waals surface area contributed by atoms with Gasteiger partial charge in [0.05, 0.1) is 24.4 Å². The van der Waals surface area contributed by atoms with Crippen LogP contribution in [-0.2, 0) is 0 Å². The van der Waals surface area contributed by atoms with Crippen LogP contribution >= 0.6 is 11.3 Å². The standard InChI is InChI=1S/C19H15N3O3S/c1-24-12-7-9-13-11(10-12)6-8-14(20-13)18(23)22-19-21-17-15(25-2)4-3-5-16(17)26-19/h3-10H,1-2H3,(H,21,22,23). The summed E-state index contributed by atoms with van der Waals surface area (Å²) in [4.78, 5) is 21.4. The summed E-state index contributed by atoms with van der Waals surface area (Å²) < 4.78 is 11.5. The van der Waals surface area contributed by atoms with Gasteiger partial charge < -0.3 is 9.47 Å². The third-order valence-electron chi connectivity index (χ3n) is 3.95. The highest BCUT2D eigenvalue weighted by molar-refractivity contribution is 7.22. The quantitative estimate of drug-likeness (QED) is 0.589. The van der Waals surface area contributed by atoms with Crippen molar-refractivity contribution in [3.63, 3.8) is 0 Å². The minimum absolute atomic E-state index is 0.305. The van der Waals surface area contributed by atoms with E-state index in [1.165, 1.54) is 11.3 Å². The molecule has 26 heavy (non-hydrogen) atoms. The number of ether oxygens (including phenoxy) is 2. The van der Waals surface area contributed by atoms with Crippen LogP contribution in [-0.4, -0.2) is 30.1 Å². The molecule has 0 saturated heterocycles. The average molecular weight is 365 g/mol. The van der Waals surface area contributed by atoms with E-state index in [9.17, 15) is 4.79 Å². The fourth-order valence-electron chi connectivity index (χ4n) is 2.66. The first-order valence-corrected chi connectivity index (χ1v) is 8.69. The van der Waals surface area contributed by atoms with Crippen molar-refractivity contribution in [1.82, 2.24) is 9.97 Å². The zero-order chi connectivity index (χ0) is 18.1. The highest BCUT2D eigenvalue weighted by Crippen LogP contribution is 2.32. The first-order chi connectivity index (χ1) is 12.7. The Labute approximate surface area is 153 Å². The van der Waals surface area contributed by atoms with Crippen LogP contribution in [0.15, 0.2) is 48.5 Å². The molecule has 0 bridgehead atoms. The second-order valence-corrected chi connectivity index (χ2v) is 6.57. The summed E-state index contributed by atoms with van der Waals surface area (Å²) in [7, 11) is 3.21. The summed E-state index contributed by atoms with van der Waals surface area (Å²) in [5.41, 5.74) is 1.78. The van der Waals surface area contributed by atoms with E-state index >= 15 is 0 Å². The third-order valence-corrected chi connectivity index (χ3v) is 4.89. The lowest BCUT2D eigenvalue weighted by Crippen LogP contribution is -2.13. The topological polar surface area (TPSA) is 73.3 Å². The summed E-state index contributed by atoms with van der Waals surface area (Å²) >= 11 is 1.39. The van der Waals surface area contributed by atoms with Crippen LogP contribution in [0.5, 0.6) is 11.5 Å². The molecule has 0 aliphatic heterocycles. The van der Waals surface area contributed by atoms with Gasteiger partial charge in [0.15, 0.2) is 5.13 Å². The number of aromatic nitrogens is 2. The molecule has 2 aromatic heterocycles. The number of nitrogens with one attached hydrogen (secondary N) is 1. The summed E-state index contributed by atoms with van der Waals surface area (Å²) in [5, 5.41) is 4.23. The third kappa shape index (κ3) is 2.93. The second-order valence-electron chi connectivity index (χ2n) is 5.54. The lowest BCUT2D eigenvalue weighted by Gasteiger charge is -2.05. The predicted molar refractivity (Wildman–Crippen MR) is 102 cm³/mol. The molecule has 0 saturated carbocycles. The van der Waals surface area contributed by atoms with Crippen LogP contribution in [0.4, 0.5) is 5.13 Å². The molecule has 6 nitrogen and oxygen atoms in total. The number of para-hydroxylation sites is 1. The molecule has 1 amide bonds. The van der Waals surface area contributed by atoms with Crippen molar-refractivity contribution in [2.24, 2.45) is 0 Å². The van der Waals surface area contributed by atoms with Crippen molar-refractivity contribution in [2.45, 2.75) is 0 Å². The molecule has 0 aliphatic carbocycles. The van der Waals surface area contributed by atoms with Gasteiger partial charge in [-0.15, -0.1) is 0 Å². The Morgan fingerprint density at radius 1 is 1.04 bits per heavy atom. The van der Waals surface area contributed by atoms with Crippen LogP contribution in [0.2, 0.25) is 0 Å². The van der Waals surface area contributed by atoms with Crippen molar-refractivity contribution in [2.75, 3.05) is 19.5 Å². The normalized spacial score (nSPS) is 10.8. The maximum atomic E-state index is 12.5. The van der Waals surface area contributed by atoms with E-state index in [0.717, 1.165) is 26.9 Å². The van der Waals surface area contributed by atoms with Gasteiger partial charge in [-0.1, -0.05) is 23.5 Å². The largest absolute Gasteiger partial charge is 0.497 e. The van der Waals surface area contributed by atoms with E-state index in [-0.39, 0.29) is 5.91 Å². The summed E-state index contributed by atoms with van der Waals surface area (Å²) in [6.45, 7) is 0. The number of methoxy groups -OCH3 is 2. The Hall–Kier alpha value is -3.19. The minimum atomic E-state index is -0.305. The van der Waals surface area contributed by atoms with Crippen molar-refractivity contribution in [3.05, 3.63) is 54.2 Å². The molecule has 130 valence electrons. The molecule has 2 heterocycles. The Kier molecular flexibility index (Phi) is 4.14. The van der Waals surface area contributed by atoms with Gasteiger partial charge in [0.25, 0.3) is 5.91 Å². The summed E-state index contributed by atoms with van der Waals surface area (Å²) in [6.07, 6.45) is 0. The number of anilines is 1. The van der Waals surface area contributed by atoms with Crippen LogP contribution < -0.4 is 14.8 Å². The number of thiazole rings is 1. The monoisotopic (exact) mass is 365 g/mol. The molecular weight excluding hydrogens is 350 g/mol. The SMILES string of the molecule is COc1ccc2nc(C(=O)Nc3nc4c(OC)cccc4s3)ccc2c1. The van der Waals surface area contributed by atoms with Crippen molar-refractivity contribution in [3.8, 4) is 11.5 Å². The van der Waals surface area contributed by atoms with Crippen LogP contribution in [0, 0.1) is 0 Å². The van der Waals surface area contributed by atoms with Gasteiger partial charge in [0.1, 0.15) is 22.7 Å². The molecule has 7 heteroatoms. The minimum Gasteiger partial charge on any atom is -0.497 e. The highest BCUT2D eigenvalue weighted by Gasteiger charge is 2.13. The van der Waals surface area contributed by atoms with E-state index in [4.69, 9.17) is 9.47 Å². The first-order valence-electron chi connectivity index (χ1n) is 7.87. The van der Waals surface area contributed by atoms with E-state index in [1.807, 2.05) is 42.5 Å². The summed E-state index contributed by atoms with van der Waals surface area (Å²) in [5.74, 6) is 1.12. The molecule has 4 rings (SSSR count). The van der Waals surface area contributed by atoms with E-state index in [0.29, 0.717) is 16.6 Å². The molecule has 0 unspecified atom stereocenters. The molecule has 1 N–H and O–H groups in total. The van der Waals surface area contributed by atoms with Crippen LogP contribution in [0.3, 0.4) is 0 Å². The van der Waals surface area contributed by atoms with Gasteiger partial charge in [-0.05, 0) is 36.4 Å². The fraction of sp³-hybridized carbons (Fsp3) is 0.105. The van der Waals surface area contributed by atoms with E-state index in [2.05, 4.69) is 15.3 Å². The lowest BCUT2D eigenvalue weighted by atomic mass is 10.2. The molecule has 0 aliphatic rings. The van der Waals surface area contributed by atoms with Crippen LogP contribution in [0.1, 0.15) is 10.5 Å². The molecule has 2 aromatic carbocycles. The predicted octanol–water partition coefficient (Wildman–Crippen LogP) is 4.11. The van der Waals surface area contributed by atoms with Gasteiger partial charge in [0, 0.05) is 5.39 Å². The van der Waals surface area contributed by atoms with Gasteiger partial charge in [-0.25, -0.2) is 9.97 Å². The number of amides is 1. The lowest BCUT2D eigenvalue weighted by molar-refractivity contribution is 0.102. The molecule has 0 atom stereocenters. The number of carbonyl (C=O) groups is 1. The number of rotatable bonds is 4. The number of nitrogens with zero attached hydrogens (tertiary/aromatic N) is 2. The van der Waals surface area contributed by atoms with Gasteiger partial charge in [0.2, 0.25) is 0 Å². The second kappa shape index (κ2) is 6.61. The van der Waals surface area contributed by atoms with Crippen molar-refractivity contribution >= 4 is 43.5 Å². The Morgan fingerprint density at radius 3 is 2.73 bits per heavy atom. The van der Waals surface area contributed by atoms with Gasteiger partial charge >= 0.3 is 0 Å². The number of hydrogen-bond donors (Lipinski definition) is 1. The zero-order valence-corrected chi connectivity index (χ0v) is 15.0. The molecule has 0 fully saturated rings. The van der Waals surface area contributed by atoms with E-state index in [1.54, 1.807) is 20.3 Å². The maximum absolute atomic E-state index is 12.5. The highest BCUT2D eigenvalue weighted by atomic mass is 32.1. The molecular formula is C19H15N3O3S. The van der Waals surface area contributed by atoms with Crippen LogP contribution in [0.25, 0.3) is 21.1 Å². The number of carbonyl (C=O) groups excluding carboxylic acids is 1. The van der Waals surface area contributed by atoms with Gasteiger partial charge in [-0.3, -0.25) is 10.1 Å². The molecule has 0 spiro atoms. The molecule has 4 aromatic rings. The van der Waals surface area contributed by atoms with Crippen molar-refractivity contribution < 1.29 is 14.3 Å². The average Bonchev–Trinajstić information content (AvgIpc) is 3.09. The fourth-order valence-corrected chi connectivity index (χ4v) is 3.54. The summed E-state index contributed by atoms with van der Waals surface area (Å²) in [6, 6.07) is 14.7. The number of pyridine rings is 1. The van der Waals surface area contributed by atoms with Crippen molar-refractivity contribution in [1.29, 1.82) is 0 Å². The Morgan fingerprint density at radius 2 is 1.92 bits per heavy atom. The maximum Gasteiger partial charge on any atom is 0.276 e. The Bertz CT molecular complexity index is 1120. The van der Waals surface area contributed by atoms with Gasteiger partial charge in [-0.2, -0.15) is 0 Å². The Balaban J connectivity index is 1.62. The van der Waals surface area contributed by atoms with E-state index < -0.39 is 0 Å². The smallest absolute Gasteiger partial charge is 0.276 e. The zero-order valence-electron chi connectivity index (χ0n) is 14.1.